The number of amides is 2. The standard InChI is InChI=1S/C28H42N4O3/c1-8-10-21(17-29-6)25(26(33)31-16-20-18-35-19-20)32(27(34)24(30-7)11-9-2)23-14-12-22(13-15-23)28(3,4)5/h8,10,12-15,17,20,24-25,30H,6,9,11,16,18-19H2,1-5,7H3,(H,31,33)/b10-8-,21-17+. The van der Waals surface area contributed by atoms with Crippen molar-refractivity contribution in [3.8, 4) is 0 Å². The molecule has 1 aliphatic heterocycles. The molecule has 35 heavy (non-hydrogen) atoms. The van der Waals surface area contributed by atoms with E-state index in [0.29, 0.717) is 37.4 Å². The van der Waals surface area contributed by atoms with Gasteiger partial charge in [-0.15, -0.1) is 0 Å². The monoisotopic (exact) mass is 482 g/mol. The molecular formula is C28H42N4O3. The SMILES string of the molecule is C=N/C=C(\C=C/C)C(C(=O)NCC1COC1)N(C(=O)C(CCC)NC)c1ccc(C(C)(C)C)cc1. The van der Waals surface area contributed by atoms with Gasteiger partial charge in [-0.3, -0.25) is 19.5 Å². The highest BCUT2D eigenvalue weighted by Gasteiger charge is 2.36. The number of carbonyl (C=O) groups excluding carboxylic acids is 2. The molecule has 1 saturated heterocycles. The Balaban J connectivity index is 2.61. The molecule has 7 heteroatoms. The predicted molar refractivity (Wildman–Crippen MR) is 144 cm³/mol. The Labute approximate surface area is 210 Å². The van der Waals surface area contributed by atoms with Crippen LogP contribution >= 0.6 is 0 Å². The lowest BCUT2D eigenvalue weighted by Crippen LogP contribution is -2.56. The van der Waals surface area contributed by atoms with Crippen molar-refractivity contribution in [1.82, 2.24) is 10.6 Å². The van der Waals surface area contributed by atoms with E-state index in [1.54, 1.807) is 18.1 Å². The minimum atomic E-state index is -0.904. The van der Waals surface area contributed by atoms with Crippen LogP contribution in [0.3, 0.4) is 0 Å². The average molecular weight is 483 g/mol. The molecular weight excluding hydrogens is 440 g/mol. The minimum Gasteiger partial charge on any atom is -0.381 e. The normalized spacial score (nSPS) is 16.5. The molecule has 2 rings (SSSR count). The number of carbonyl (C=O) groups is 2. The number of hydrogen-bond acceptors (Lipinski definition) is 5. The van der Waals surface area contributed by atoms with Gasteiger partial charge >= 0.3 is 0 Å². The third kappa shape index (κ3) is 7.61. The zero-order valence-corrected chi connectivity index (χ0v) is 22.1. The first-order valence-corrected chi connectivity index (χ1v) is 12.4. The van der Waals surface area contributed by atoms with Crippen molar-refractivity contribution in [1.29, 1.82) is 0 Å². The fourth-order valence-electron chi connectivity index (χ4n) is 4.04. The Bertz CT molecular complexity index is 911. The van der Waals surface area contributed by atoms with Crippen LogP contribution in [0.25, 0.3) is 0 Å². The van der Waals surface area contributed by atoms with E-state index in [2.05, 4.69) is 43.1 Å². The van der Waals surface area contributed by atoms with Crippen LogP contribution in [0.15, 0.2) is 53.2 Å². The highest BCUT2D eigenvalue weighted by atomic mass is 16.5. The predicted octanol–water partition coefficient (Wildman–Crippen LogP) is 4.00. The zero-order valence-electron chi connectivity index (χ0n) is 22.1. The molecule has 0 bridgehead atoms. The van der Waals surface area contributed by atoms with Gasteiger partial charge in [0.2, 0.25) is 11.8 Å². The molecule has 0 saturated carbocycles. The molecule has 0 radical (unpaired) electrons. The van der Waals surface area contributed by atoms with Gasteiger partial charge in [0, 0.05) is 29.9 Å². The number of ether oxygens (including phenoxy) is 1. The van der Waals surface area contributed by atoms with Gasteiger partial charge in [0.15, 0.2) is 0 Å². The van der Waals surface area contributed by atoms with Crippen molar-refractivity contribution >= 4 is 24.2 Å². The lowest BCUT2D eigenvalue weighted by Gasteiger charge is -2.35. The molecule has 1 aliphatic rings. The summed E-state index contributed by atoms with van der Waals surface area (Å²) in [6, 6.07) is 6.56. The smallest absolute Gasteiger partial charge is 0.247 e. The van der Waals surface area contributed by atoms with Crippen LogP contribution in [-0.2, 0) is 19.7 Å². The van der Waals surface area contributed by atoms with E-state index in [9.17, 15) is 9.59 Å². The van der Waals surface area contributed by atoms with E-state index in [1.165, 1.54) is 0 Å². The van der Waals surface area contributed by atoms with Gasteiger partial charge in [0.05, 0.1) is 19.3 Å². The number of allylic oxidation sites excluding steroid dienone is 1. The van der Waals surface area contributed by atoms with E-state index >= 15 is 0 Å². The van der Waals surface area contributed by atoms with E-state index < -0.39 is 12.1 Å². The topological polar surface area (TPSA) is 83.0 Å². The van der Waals surface area contributed by atoms with Gasteiger partial charge in [-0.1, -0.05) is 58.4 Å². The maximum atomic E-state index is 14.0. The third-order valence-electron chi connectivity index (χ3n) is 6.17. The molecule has 0 aromatic heterocycles. The van der Waals surface area contributed by atoms with Crippen LogP contribution in [0.2, 0.25) is 0 Å². The molecule has 1 aromatic carbocycles. The van der Waals surface area contributed by atoms with Crippen molar-refractivity contribution in [3.05, 3.63) is 53.8 Å². The van der Waals surface area contributed by atoms with Crippen molar-refractivity contribution in [2.24, 2.45) is 10.9 Å². The van der Waals surface area contributed by atoms with E-state index in [-0.39, 0.29) is 23.1 Å². The average Bonchev–Trinajstić information content (AvgIpc) is 2.79. The second kappa shape index (κ2) is 13.4. The van der Waals surface area contributed by atoms with Crippen molar-refractivity contribution in [3.63, 3.8) is 0 Å². The van der Waals surface area contributed by atoms with Crippen LogP contribution in [0.4, 0.5) is 5.69 Å². The summed E-state index contributed by atoms with van der Waals surface area (Å²) >= 11 is 0. The van der Waals surface area contributed by atoms with Gasteiger partial charge in [0.25, 0.3) is 0 Å². The Kier molecular flexibility index (Phi) is 10.9. The summed E-state index contributed by atoms with van der Waals surface area (Å²) in [6.07, 6.45) is 6.68. The quantitative estimate of drug-likeness (QED) is 0.349. The lowest BCUT2D eigenvalue weighted by atomic mass is 9.87. The molecule has 1 aromatic rings. The summed E-state index contributed by atoms with van der Waals surface area (Å²) in [5.74, 6) is -0.138. The van der Waals surface area contributed by atoms with Crippen molar-refractivity contribution < 1.29 is 14.3 Å². The van der Waals surface area contributed by atoms with Gasteiger partial charge < -0.3 is 15.4 Å². The van der Waals surface area contributed by atoms with E-state index in [0.717, 1.165) is 12.0 Å². The molecule has 2 amide bonds. The fraction of sp³-hybridized carbons (Fsp3) is 0.536. The van der Waals surface area contributed by atoms with Crippen LogP contribution < -0.4 is 15.5 Å². The largest absolute Gasteiger partial charge is 0.381 e. The molecule has 7 nitrogen and oxygen atoms in total. The van der Waals surface area contributed by atoms with Gasteiger partial charge in [-0.25, -0.2) is 0 Å². The molecule has 1 heterocycles. The van der Waals surface area contributed by atoms with Crippen molar-refractivity contribution in [2.75, 3.05) is 31.7 Å². The third-order valence-corrected chi connectivity index (χ3v) is 6.17. The first-order valence-electron chi connectivity index (χ1n) is 12.4. The number of hydrogen-bond donors (Lipinski definition) is 2. The van der Waals surface area contributed by atoms with Crippen LogP contribution in [0, 0.1) is 5.92 Å². The summed E-state index contributed by atoms with van der Waals surface area (Å²) in [6.45, 7) is 15.7. The molecule has 192 valence electrons. The van der Waals surface area contributed by atoms with Crippen molar-refractivity contribution in [2.45, 2.75) is 65.0 Å². The summed E-state index contributed by atoms with van der Waals surface area (Å²) in [5.41, 5.74) is 2.36. The molecule has 2 unspecified atom stereocenters. The Morgan fingerprint density at radius 3 is 2.37 bits per heavy atom. The minimum absolute atomic E-state index is 0.0342. The van der Waals surface area contributed by atoms with E-state index in [4.69, 9.17) is 4.74 Å². The maximum Gasteiger partial charge on any atom is 0.247 e. The summed E-state index contributed by atoms with van der Waals surface area (Å²) in [5, 5.41) is 6.18. The first-order chi connectivity index (χ1) is 16.7. The zero-order chi connectivity index (χ0) is 26.0. The number of likely N-dealkylation sites (N-methyl/N-ethyl adjacent to an activating group) is 1. The van der Waals surface area contributed by atoms with Crippen LogP contribution in [0.5, 0.6) is 0 Å². The first kappa shape index (κ1) is 28.5. The Hall–Kier alpha value is -2.77. The Morgan fingerprint density at radius 2 is 1.91 bits per heavy atom. The molecule has 1 fully saturated rings. The van der Waals surface area contributed by atoms with Gasteiger partial charge in [-0.05, 0) is 50.2 Å². The molecule has 2 N–H and O–H groups in total. The molecule has 0 spiro atoms. The highest BCUT2D eigenvalue weighted by Crippen LogP contribution is 2.29. The highest BCUT2D eigenvalue weighted by molar-refractivity contribution is 6.05. The second-order valence-electron chi connectivity index (χ2n) is 10.00. The number of rotatable bonds is 12. The maximum absolute atomic E-state index is 14.0. The molecule has 2 atom stereocenters. The Morgan fingerprint density at radius 1 is 1.26 bits per heavy atom. The number of anilines is 1. The van der Waals surface area contributed by atoms with Gasteiger partial charge in [-0.2, -0.15) is 0 Å². The second-order valence-corrected chi connectivity index (χ2v) is 10.00. The van der Waals surface area contributed by atoms with Crippen LogP contribution in [0.1, 0.15) is 53.0 Å². The van der Waals surface area contributed by atoms with E-state index in [1.807, 2.05) is 50.3 Å². The summed E-state index contributed by atoms with van der Waals surface area (Å²) in [7, 11) is 1.78. The van der Waals surface area contributed by atoms with Gasteiger partial charge in [0.1, 0.15) is 6.04 Å². The fourth-order valence-corrected chi connectivity index (χ4v) is 4.04. The number of aliphatic imine (C=N–C) groups is 1. The summed E-state index contributed by atoms with van der Waals surface area (Å²) in [4.78, 5) is 33.2. The summed E-state index contributed by atoms with van der Waals surface area (Å²) < 4.78 is 5.25. The molecule has 0 aliphatic carbocycles. The lowest BCUT2D eigenvalue weighted by molar-refractivity contribution is -0.127. The van der Waals surface area contributed by atoms with Crippen LogP contribution in [-0.4, -0.2) is 57.4 Å². The number of nitrogens with zero attached hydrogens (tertiary/aromatic N) is 2. The number of nitrogens with one attached hydrogen (secondary N) is 2. The number of benzene rings is 1.